The number of guanidine groups is 1. The predicted molar refractivity (Wildman–Crippen MR) is 120 cm³/mol. The number of aliphatic imine (C=N–C) groups is 1. The first-order chi connectivity index (χ1) is 13.9. The second kappa shape index (κ2) is 12.6. The highest BCUT2D eigenvalue weighted by atomic mass is 127. The van der Waals surface area contributed by atoms with Crippen molar-refractivity contribution < 1.29 is 17.9 Å². The van der Waals surface area contributed by atoms with Crippen molar-refractivity contribution in [1.82, 2.24) is 25.4 Å². The average Bonchev–Trinajstić information content (AvgIpc) is 3.16. The summed E-state index contributed by atoms with van der Waals surface area (Å²) >= 11 is 0. The van der Waals surface area contributed by atoms with Crippen molar-refractivity contribution in [2.24, 2.45) is 4.99 Å². The number of halogens is 4. The number of hydrogen-bond donors (Lipinski definition) is 2. The Labute approximate surface area is 191 Å². The number of benzene rings is 1. The van der Waals surface area contributed by atoms with Gasteiger partial charge in [-0.1, -0.05) is 13.0 Å². The molecule has 30 heavy (non-hydrogen) atoms. The Kier molecular flexibility index (Phi) is 10.9. The molecule has 1 unspecified atom stereocenters. The Balaban J connectivity index is 0.00000450. The van der Waals surface area contributed by atoms with E-state index >= 15 is 0 Å². The molecule has 0 aliphatic rings. The highest BCUT2D eigenvalue weighted by Crippen LogP contribution is 2.31. The lowest BCUT2D eigenvalue weighted by Gasteiger charge is -2.20. The van der Waals surface area contributed by atoms with Gasteiger partial charge in [-0.25, -0.2) is 4.99 Å². The molecule has 0 aliphatic heterocycles. The summed E-state index contributed by atoms with van der Waals surface area (Å²) in [4.78, 5) is 4.49. The topological polar surface area (TPSA) is 76.4 Å². The maximum absolute atomic E-state index is 12.9. The van der Waals surface area contributed by atoms with Crippen molar-refractivity contribution in [2.75, 3.05) is 13.1 Å². The summed E-state index contributed by atoms with van der Waals surface area (Å²) in [6.07, 6.45) is -2.45. The van der Waals surface area contributed by atoms with Gasteiger partial charge in [0.25, 0.3) is 0 Å². The molecule has 168 valence electrons. The molecule has 1 aromatic heterocycles. The van der Waals surface area contributed by atoms with Crippen molar-refractivity contribution >= 4 is 29.9 Å². The van der Waals surface area contributed by atoms with Gasteiger partial charge in [0.1, 0.15) is 24.7 Å². The van der Waals surface area contributed by atoms with E-state index < -0.39 is 11.7 Å². The fraction of sp³-hybridized carbons (Fsp3) is 0.526. The van der Waals surface area contributed by atoms with E-state index in [9.17, 15) is 13.2 Å². The van der Waals surface area contributed by atoms with Crippen LogP contribution in [0.5, 0.6) is 5.75 Å². The molecule has 1 atom stereocenters. The van der Waals surface area contributed by atoms with Crippen LogP contribution in [0.2, 0.25) is 0 Å². The summed E-state index contributed by atoms with van der Waals surface area (Å²) in [5.74, 6) is 1.51. The standard InChI is InChI=1S/C19H27F3N6O.HI/c1-4-15(29-16-9-7-8-14(10-16)19(20,21)22)11-24-18(23-5-2)25-12-17-27-26-13-28(17)6-3;/h7-10,13,15H,4-6,11-12H2,1-3H3,(H2,23,24,25);1H. The molecule has 1 aromatic carbocycles. The predicted octanol–water partition coefficient (Wildman–Crippen LogP) is 3.85. The van der Waals surface area contributed by atoms with Gasteiger partial charge in [-0.15, -0.1) is 34.2 Å². The van der Waals surface area contributed by atoms with Crippen LogP contribution in [0.25, 0.3) is 0 Å². The van der Waals surface area contributed by atoms with E-state index in [1.54, 1.807) is 6.33 Å². The Morgan fingerprint density at radius 3 is 2.63 bits per heavy atom. The number of nitrogens with one attached hydrogen (secondary N) is 2. The van der Waals surface area contributed by atoms with Crippen molar-refractivity contribution in [3.63, 3.8) is 0 Å². The smallest absolute Gasteiger partial charge is 0.416 e. The van der Waals surface area contributed by atoms with Crippen LogP contribution in [0.4, 0.5) is 13.2 Å². The summed E-state index contributed by atoms with van der Waals surface area (Å²) in [6, 6.07) is 4.90. The van der Waals surface area contributed by atoms with Crippen LogP contribution in [0.3, 0.4) is 0 Å². The molecule has 2 N–H and O–H groups in total. The van der Waals surface area contributed by atoms with Gasteiger partial charge in [-0.3, -0.25) is 0 Å². The van der Waals surface area contributed by atoms with Crippen molar-refractivity contribution in [3.8, 4) is 5.75 Å². The van der Waals surface area contributed by atoms with E-state index in [1.165, 1.54) is 12.1 Å². The minimum atomic E-state index is -4.40. The van der Waals surface area contributed by atoms with Crippen molar-refractivity contribution in [3.05, 3.63) is 42.0 Å². The third-order valence-corrected chi connectivity index (χ3v) is 4.18. The van der Waals surface area contributed by atoms with Gasteiger partial charge in [0, 0.05) is 13.1 Å². The summed E-state index contributed by atoms with van der Waals surface area (Å²) in [6.45, 7) is 8.02. The van der Waals surface area contributed by atoms with Gasteiger partial charge in [-0.05, 0) is 38.5 Å². The van der Waals surface area contributed by atoms with Crippen molar-refractivity contribution in [2.45, 2.75) is 52.6 Å². The maximum Gasteiger partial charge on any atom is 0.416 e. The Bertz CT molecular complexity index is 797. The molecule has 1 heterocycles. The number of aryl methyl sites for hydroxylation is 1. The van der Waals surface area contributed by atoms with Crippen LogP contribution in [0.15, 0.2) is 35.6 Å². The van der Waals surface area contributed by atoms with E-state index in [0.29, 0.717) is 32.0 Å². The third kappa shape index (κ3) is 8.00. The van der Waals surface area contributed by atoms with Crippen LogP contribution < -0.4 is 15.4 Å². The molecule has 2 rings (SSSR count). The minimum Gasteiger partial charge on any atom is -0.489 e. The zero-order chi connectivity index (χ0) is 21.3. The van der Waals surface area contributed by atoms with Crippen LogP contribution in [-0.4, -0.2) is 39.9 Å². The second-order valence-electron chi connectivity index (χ2n) is 6.28. The normalized spacial score (nSPS) is 12.8. The van der Waals surface area contributed by atoms with E-state index in [0.717, 1.165) is 24.5 Å². The SMILES string of the molecule is CCNC(=NCc1nncn1CC)NCC(CC)Oc1cccc(C(F)(F)F)c1.I. The molecular formula is C19H28F3IN6O. The molecule has 11 heteroatoms. The molecule has 7 nitrogen and oxygen atoms in total. The van der Waals surface area contributed by atoms with Gasteiger partial charge in [-0.2, -0.15) is 13.2 Å². The molecule has 2 aromatic rings. The molecule has 0 fully saturated rings. The number of ether oxygens (including phenoxy) is 1. The second-order valence-corrected chi connectivity index (χ2v) is 6.28. The highest BCUT2D eigenvalue weighted by Gasteiger charge is 2.30. The molecule has 0 saturated heterocycles. The lowest BCUT2D eigenvalue weighted by atomic mass is 10.2. The van der Waals surface area contributed by atoms with Crippen LogP contribution >= 0.6 is 24.0 Å². The number of nitrogens with zero attached hydrogens (tertiary/aromatic N) is 4. The molecule has 0 bridgehead atoms. The summed E-state index contributed by atoms with van der Waals surface area (Å²) in [7, 11) is 0. The van der Waals surface area contributed by atoms with E-state index in [2.05, 4.69) is 25.8 Å². The molecule has 0 aliphatic carbocycles. The number of alkyl halides is 3. The van der Waals surface area contributed by atoms with Gasteiger partial charge >= 0.3 is 6.18 Å². The number of aromatic nitrogens is 3. The quantitative estimate of drug-likeness (QED) is 0.287. The number of hydrogen-bond acceptors (Lipinski definition) is 4. The van der Waals surface area contributed by atoms with E-state index in [-0.39, 0.29) is 35.8 Å². The Morgan fingerprint density at radius 2 is 2.00 bits per heavy atom. The first-order valence-corrected chi connectivity index (χ1v) is 9.60. The maximum atomic E-state index is 12.9. The number of rotatable bonds is 9. The Morgan fingerprint density at radius 1 is 1.23 bits per heavy atom. The van der Waals surface area contributed by atoms with Crippen molar-refractivity contribution in [1.29, 1.82) is 0 Å². The largest absolute Gasteiger partial charge is 0.489 e. The third-order valence-electron chi connectivity index (χ3n) is 4.18. The molecule has 0 amide bonds. The van der Waals surface area contributed by atoms with Crippen LogP contribution in [-0.2, 0) is 19.3 Å². The first-order valence-electron chi connectivity index (χ1n) is 9.60. The highest BCUT2D eigenvalue weighted by molar-refractivity contribution is 14.0. The summed E-state index contributed by atoms with van der Waals surface area (Å²) in [5, 5.41) is 14.2. The van der Waals surface area contributed by atoms with Gasteiger partial charge in [0.05, 0.1) is 12.1 Å². The van der Waals surface area contributed by atoms with Crippen LogP contribution in [0.1, 0.15) is 38.6 Å². The summed E-state index contributed by atoms with van der Waals surface area (Å²) < 4.78 is 46.3. The minimum absolute atomic E-state index is 0. The van der Waals surface area contributed by atoms with Crippen LogP contribution in [0, 0.1) is 0 Å². The first kappa shape index (κ1) is 26.0. The van der Waals surface area contributed by atoms with Gasteiger partial charge in [0.2, 0.25) is 0 Å². The summed E-state index contributed by atoms with van der Waals surface area (Å²) in [5.41, 5.74) is -0.729. The zero-order valence-electron chi connectivity index (χ0n) is 17.2. The fourth-order valence-electron chi connectivity index (χ4n) is 2.58. The van der Waals surface area contributed by atoms with Gasteiger partial charge in [0.15, 0.2) is 11.8 Å². The molecule has 0 saturated carbocycles. The molecule has 0 radical (unpaired) electrons. The van der Waals surface area contributed by atoms with E-state index in [1.807, 2.05) is 25.3 Å². The molecule has 0 spiro atoms. The lowest BCUT2D eigenvalue weighted by Crippen LogP contribution is -2.42. The zero-order valence-corrected chi connectivity index (χ0v) is 19.6. The van der Waals surface area contributed by atoms with E-state index in [4.69, 9.17) is 4.74 Å². The van der Waals surface area contributed by atoms with Gasteiger partial charge < -0.3 is 19.9 Å². The Hall–Kier alpha value is -2.05. The fourth-order valence-corrected chi connectivity index (χ4v) is 2.58. The molecular weight excluding hydrogens is 512 g/mol. The average molecular weight is 540 g/mol. The monoisotopic (exact) mass is 540 g/mol. The lowest BCUT2D eigenvalue weighted by molar-refractivity contribution is -0.137.